The number of rotatable bonds is 2. The molecule has 2 aromatic rings. The van der Waals surface area contributed by atoms with Crippen LogP contribution in [0.1, 0.15) is 20.8 Å². The molecule has 17 heavy (non-hydrogen) atoms. The summed E-state index contributed by atoms with van der Waals surface area (Å²) in [5.41, 5.74) is 3.91. The van der Waals surface area contributed by atoms with Gasteiger partial charge in [0.2, 0.25) is 0 Å². The summed E-state index contributed by atoms with van der Waals surface area (Å²) in [5.74, 6) is -0.273. The molecule has 0 radical (unpaired) electrons. The van der Waals surface area contributed by atoms with Gasteiger partial charge in [0.1, 0.15) is 0 Å². The number of benzene rings is 1. The summed E-state index contributed by atoms with van der Waals surface area (Å²) in [5, 5.41) is 1.86. The Balaban J connectivity index is 2.54. The molecule has 0 bridgehead atoms. The van der Waals surface area contributed by atoms with Crippen LogP contribution in [0.2, 0.25) is 0 Å². The molecule has 0 amide bonds. The Morgan fingerprint density at radius 1 is 1.18 bits per heavy atom. The molecular formula is C14H14O2S. The van der Waals surface area contributed by atoms with Crippen LogP contribution in [0, 0.1) is 13.8 Å². The van der Waals surface area contributed by atoms with Crippen LogP contribution in [0.25, 0.3) is 11.1 Å². The molecule has 1 aromatic carbocycles. The minimum atomic E-state index is -0.273. The van der Waals surface area contributed by atoms with Crippen molar-refractivity contribution in [2.24, 2.45) is 0 Å². The van der Waals surface area contributed by atoms with Gasteiger partial charge in [-0.2, -0.15) is 0 Å². The molecule has 88 valence electrons. The summed E-state index contributed by atoms with van der Waals surface area (Å²) in [6.45, 7) is 4.07. The lowest BCUT2D eigenvalue weighted by atomic mass is 10.0. The molecule has 0 aliphatic carbocycles. The largest absolute Gasteiger partial charge is 0.465 e. The van der Waals surface area contributed by atoms with Crippen LogP contribution in [0.3, 0.4) is 0 Å². The van der Waals surface area contributed by atoms with Crippen molar-refractivity contribution in [1.82, 2.24) is 0 Å². The Labute approximate surface area is 105 Å². The molecule has 1 heterocycles. The first-order valence-corrected chi connectivity index (χ1v) is 6.25. The van der Waals surface area contributed by atoms with E-state index in [4.69, 9.17) is 4.74 Å². The fraction of sp³-hybridized carbons (Fsp3) is 0.214. The summed E-state index contributed by atoms with van der Waals surface area (Å²) < 4.78 is 4.80. The Hall–Kier alpha value is -1.61. The molecule has 0 atom stereocenters. The Kier molecular flexibility index (Phi) is 3.29. The summed E-state index contributed by atoms with van der Waals surface area (Å²) >= 11 is 1.57. The van der Waals surface area contributed by atoms with Gasteiger partial charge in [0.25, 0.3) is 0 Å². The van der Waals surface area contributed by atoms with Crippen molar-refractivity contribution in [3.05, 3.63) is 45.6 Å². The maximum Gasteiger partial charge on any atom is 0.339 e. The molecule has 0 saturated heterocycles. The molecule has 0 aliphatic rings. The standard InChI is InChI=1S/C14H14O2S/c1-9-4-6-11(7-5-9)13-10(2)17-8-12(13)14(15)16-3/h4-8H,1-3H3. The van der Waals surface area contributed by atoms with Crippen molar-refractivity contribution in [3.8, 4) is 11.1 Å². The first-order valence-electron chi connectivity index (χ1n) is 5.37. The van der Waals surface area contributed by atoms with Gasteiger partial charge in [-0.25, -0.2) is 4.79 Å². The zero-order valence-electron chi connectivity index (χ0n) is 10.1. The van der Waals surface area contributed by atoms with E-state index in [0.717, 1.165) is 16.0 Å². The molecule has 3 heteroatoms. The third kappa shape index (κ3) is 2.24. The topological polar surface area (TPSA) is 26.3 Å². The third-order valence-corrected chi connectivity index (χ3v) is 3.63. The van der Waals surface area contributed by atoms with E-state index in [1.165, 1.54) is 12.7 Å². The molecule has 2 nitrogen and oxygen atoms in total. The highest BCUT2D eigenvalue weighted by atomic mass is 32.1. The van der Waals surface area contributed by atoms with Crippen LogP contribution in [0.15, 0.2) is 29.6 Å². The quantitative estimate of drug-likeness (QED) is 0.753. The lowest BCUT2D eigenvalue weighted by Crippen LogP contribution is -2.01. The van der Waals surface area contributed by atoms with E-state index in [9.17, 15) is 4.79 Å². The van der Waals surface area contributed by atoms with Crippen LogP contribution in [0.4, 0.5) is 0 Å². The predicted octanol–water partition coefficient (Wildman–Crippen LogP) is 3.82. The second-order valence-electron chi connectivity index (χ2n) is 3.94. The number of hydrogen-bond donors (Lipinski definition) is 0. The molecule has 0 saturated carbocycles. The highest BCUT2D eigenvalue weighted by Crippen LogP contribution is 2.32. The van der Waals surface area contributed by atoms with Gasteiger partial charge < -0.3 is 4.74 Å². The van der Waals surface area contributed by atoms with Gasteiger partial charge in [0.05, 0.1) is 12.7 Å². The van der Waals surface area contributed by atoms with Crippen molar-refractivity contribution in [1.29, 1.82) is 0 Å². The van der Waals surface area contributed by atoms with Gasteiger partial charge in [-0.1, -0.05) is 29.8 Å². The summed E-state index contributed by atoms with van der Waals surface area (Å²) in [6, 6.07) is 8.18. The smallest absolute Gasteiger partial charge is 0.339 e. The normalized spacial score (nSPS) is 10.3. The molecule has 0 N–H and O–H groups in total. The minimum absolute atomic E-state index is 0.273. The molecule has 0 spiro atoms. The number of methoxy groups -OCH3 is 1. The monoisotopic (exact) mass is 246 g/mol. The van der Waals surface area contributed by atoms with Crippen LogP contribution >= 0.6 is 11.3 Å². The van der Waals surface area contributed by atoms with Gasteiger partial charge in [0, 0.05) is 15.8 Å². The average molecular weight is 246 g/mol. The van der Waals surface area contributed by atoms with Crippen molar-refractivity contribution in [2.45, 2.75) is 13.8 Å². The summed E-state index contributed by atoms with van der Waals surface area (Å²) in [7, 11) is 1.41. The van der Waals surface area contributed by atoms with Crippen molar-refractivity contribution < 1.29 is 9.53 Å². The number of thiophene rings is 1. The number of carbonyl (C=O) groups is 1. The Bertz CT molecular complexity index is 538. The molecule has 0 aliphatic heterocycles. The van der Waals surface area contributed by atoms with E-state index in [2.05, 4.69) is 0 Å². The third-order valence-electron chi connectivity index (χ3n) is 2.72. The zero-order valence-corrected chi connectivity index (χ0v) is 10.9. The fourth-order valence-corrected chi connectivity index (χ4v) is 2.65. The molecule has 2 rings (SSSR count). The number of ether oxygens (including phenoxy) is 1. The first-order chi connectivity index (χ1) is 8.13. The van der Waals surface area contributed by atoms with Gasteiger partial charge >= 0.3 is 5.97 Å². The van der Waals surface area contributed by atoms with Crippen LogP contribution in [-0.2, 0) is 4.74 Å². The average Bonchev–Trinajstić information content (AvgIpc) is 2.71. The lowest BCUT2D eigenvalue weighted by Gasteiger charge is -2.05. The van der Waals surface area contributed by atoms with Crippen molar-refractivity contribution in [3.63, 3.8) is 0 Å². The second-order valence-corrected chi connectivity index (χ2v) is 5.02. The number of aryl methyl sites for hydroxylation is 2. The Morgan fingerprint density at radius 2 is 1.82 bits per heavy atom. The highest BCUT2D eigenvalue weighted by molar-refractivity contribution is 7.10. The maximum absolute atomic E-state index is 11.7. The van der Waals surface area contributed by atoms with E-state index >= 15 is 0 Å². The second kappa shape index (κ2) is 4.72. The van der Waals surface area contributed by atoms with Crippen molar-refractivity contribution in [2.75, 3.05) is 7.11 Å². The molecule has 0 unspecified atom stereocenters. The van der Waals surface area contributed by atoms with E-state index in [1.807, 2.05) is 43.5 Å². The van der Waals surface area contributed by atoms with E-state index in [1.54, 1.807) is 11.3 Å². The van der Waals surface area contributed by atoms with E-state index in [0.29, 0.717) is 5.56 Å². The van der Waals surface area contributed by atoms with Gasteiger partial charge in [-0.3, -0.25) is 0 Å². The van der Waals surface area contributed by atoms with E-state index < -0.39 is 0 Å². The minimum Gasteiger partial charge on any atom is -0.465 e. The molecule has 1 aromatic heterocycles. The van der Waals surface area contributed by atoms with E-state index in [-0.39, 0.29) is 5.97 Å². The predicted molar refractivity (Wildman–Crippen MR) is 70.6 cm³/mol. The zero-order chi connectivity index (χ0) is 12.4. The summed E-state index contributed by atoms with van der Waals surface area (Å²) in [6.07, 6.45) is 0. The number of hydrogen-bond acceptors (Lipinski definition) is 3. The SMILES string of the molecule is COC(=O)c1csc(C)c1-c1ccc(C)cc1. The summed E-state index contributed by atoms with van der Waals surface area (Å²) in [4.78, 5) is 12.8. The maximum atomic E-state index is 11.7. The van der Waals surface area contributed by atoms with Gasteiger partial charge in [-0.05, 0) is 19.4 Å². The first kappa shape index (κ1) is 11.9. The fourth-order valence-electron chi connectivity index (χ4n) is 1.79. The van der Waals surface area contributed by atoms with Crippen LogP contribution in [-0.4, -0.2) is 13.1 Å². The Morgan fingerprint density at radius 3 is 2.41 bits per heavy atom. The molecular weight excluding hydrogens is 232 g/mol. The van der Waals surface area contributed by atoms with Crippen molar-refractivity contribution >= 4 is 17.3 Å². The molecule has 0 fully saturated rings. The lowest BCUT2D eigenvalue weighted by molar-refractivity contribution is 0.0602. The van der Waals surface area contributed by atoms with Crippen LogP contribution < -0.4 is 0 Å². The van der Waals surface area contributed by atoms with Gasteiger partial charge in [-0.15, -0.1) is 11.3 Å². The highest BCUT2D eigenvalue weighted by Gasteiger charge is 2.17. The van der Waals surface area contributed by atoms with Crippen LogP contribution in [0.5, 0.6) is 0 Å². The number of esters is 1. The number of carbonyl (C=O) groups excluding carboxylic acids is 1. The van der Waals surface area contributed by atoms with Gasteiger partial charge in [0.15, 0.2) is 0 Å².